The fraction of sp³-hybridized carbons (Fsp3) is 0.875. The lowest BCUT2D eigenvalue weighted by Crippen LogP contribution is -2.30. The van der Waals surface area contributed by atoms with Crippen LogP contribution in [0.1, 0.15) is 79.1 Å². The molecule has 0 saturated heterocycles. The van der Waals surface area contributed by atoms with Crippen LogP contribution in [0, 0.1) is 0 Å². The normalized spacial score (nSPS) is 17.2. The largest absolute Gasteiger partial charge is 0.447 e. The zero-order chi connectivity index (χ0) is 15.0. The Kier molecular flexibility index (Phi) is 7.03. The number of hydrogen-bond donors (Lipinski definition) is 0. The summed E-state index contributed by atoms with van der Waals surface area (Å²) >= 11 is 0. The van der Waals surface area contributed by atoms with Crippen LogP contribution < -0.4 is 0 Å². The van der Waals surface area contributed by atoms with Crippen LogP contribution in [0.2, 0.25) is 0 Å². The topological polar surface area (TPSA) is 47.9 Å². The Morgan fingerprint density at radius 3 is 2.05 bits per heavy atom. The first-order valence-corrected chi connectivity index (χ1v) is 7.98. The second-order valence-corrected chi connectivity index (χ2v) is 6.03. The van der Waals surface area contributed by atoms with Crippen LogP contribution >= 0.6 is 0 Å². The second kappa shape index (κ2) is 8.28. The molecular weight excluding hydrogens is 254 g/mol. The fourth-order valence-electron chi connectivity index (χ4n) is 2.20. The van der Waals surface area contributed by atoms with Crippen molar-refractivity contribution in [3.8, 4) is 0 Å². The Bertz CT molecular complexity index is 327. The van der Waals surface area contributed by atoms with Gasteiger partial charge in [0, 0.05) is 0 Å². The van der Waals surface area contributed by atoms with Gasteiger partial charge in [-0.15, -0.1) is 4.99 Å². The Hall–Kier alpha value is -1.06. The number of ether oxygens (including phenoxy) is 2. The Labute approximate surface area is 122 Å². The van der Waals surface area contributed by atoms with Crippen LogP contribution in [-0.2, 0) is 14.3 Å². The van der Waals surface area contributed by atoms with E-state index in [-0.39, 0.29) is 18.1 Å². The number of carbonyl (C=O) groups excluding carboxylic acids is 1. The van der Waals surface area contributed by atoms with Gasteiger partial charge in [-0.25, -0.2) is 0 Å². The zero-order valence-corrected chi connectivity index (χ0v) is 13.4. The van der Waals surface area contributed by atoms with E-state index in [0.29, 0.717) is 0 Å². The number of nitrogens with zero attached hydrogens (tertiary/aromatic N) is 1. The molecule has 0 radical (unpaired) electrons. The molecule has 0 aromatic carbocycles. The van der Waals surface area contributed by atoms with E-state index in [1.54, 1.807) is 13.8 Å². The van der Waals surface area contributed by atoms with E-state index in [0.717, 1.165) is 25.7 Å². The van der Waals surface area contributed by atoms with Crippen LogP contribution in [0.25, 0.3) is 0 Å². The molecule has 1 aliphatic heterocycles. The third-order valence-electron chi connectivity index (χ3n) is 3.58. The summed E-state index contributed by atoms with van der Waals surface area (Å²) in [5, 5.41) is 0. The molecule has 1 amide bonds. The predicted molar refractivity (Wildman–Crippen MR) is 80.8 cm³/mol. The first-order chi connectivity index (χ1) is 9.49. The molecule has 1 aliphatic rings. The third-order valence-corrected chi connectivity index (χ3v) is 3.58. The average molecular weight is 283 g/mol. The van der Waals surface area contributed by atoms with Crippen molar-refractivity contribution in [3.05, 3.63) is 0 Å². The molecule has 1 rings (SSSR count). The molecule has 4 nitrogen and oxygen atoms in total. The first-order valence-electron chi connectivity index (χ1n) is 7.98. The molecular formula is C16H29NO3. The number of carbonyl (C=O) groups is 1. The molecule has 0 saturated carbocycles. The van der Waals surface area contributed by atoms with E-state index >= 15 is 0 Å². The standard InChI is InChI=1S/C16H29NO3/c1-5-7-9-11-13(12-10-8-6-2)19-15-17-14(18)16(3,4)20-15/h13H,5-12H2,1-4H3. The summed E-state index contributed by atoms with van der Waals surface area (Å²) in [6.07, 6.45) is 9.43. The van der Waals surface area contributed by atoms with E-state index in [2.05, 4.69) is 18.8 Å². The zero-order valence-electron chi connectivity index (χ0n) is 13.4. The van der Waals surface area contributed by atoms with Gasteiger partial charge in [0.2, 0.25) is 0 Å². The van der Waals surface area contributed by atoms with E-state index in [9.17, 15) is 4.79 Å². The lowest BCUT2D eigenvalue weighted by Gasteiger charge is -2.20. The van der Waals surface area contributed by atoms with Gasteiger partial charge in [-0.2, -0.15) is 0 Å². The number of rotatable bonds is 9. The monoisotopic (exact) mass is 283 g/mol. The van der Waals surface area contributed by atoms with E-state index in [4.69, 9.17) is 9.47 Å². The summed E-state index contributed by atoms with van der Waals surface area (Å²) in [6, 6.07) is 0. The van der Waals surface area contributed by atoms with Gasteiger partial charge >= 0.3 is 6.08 Å². The highest BCUT2D eigenvalue weighted by Gasteiger charge is 2.39. The van der Waals surface area contributed by atoms with Crippen molar-refractivity contribution in [1.82, 2.24) is 0 Å². The first kappa shape index (κ1) is 17.0. The second-order valence-electron chi connectivity index (χ2n) is 6.03. The summed E-state index contributed by atoms with van der Waals surface area (Å²) < 4.78 is 11.3. The molecule has 0 fully saturated rings. The maximum atomic E-state index is 11.6. The smallest absolute Gasteiger partial charge is 0.392 e. The van der Waals surface area contributed by atoms with Crippen molar-refractivity contribution in [2.45, 2.75) is 90.8 Å². The van der Waals surface area contributed by atoms with Gasteiger partial charge in [-0.05, 0) is 39.5 Å². The van der Waals surface area contributed by atoms with Crippen LogP contribution in [0.3, 0.4) is 0 Å². The van der Waals surface area contributed by atoms with Gasteiger partial charge in [-0.1, -0.05) is 39.5 Å². The van der Waals surface area contributed by atoms with Gasteiger partial charge in [0.15, 0.2) is 5.60 Å². The van der Waals surface area contributed by atoms with Gasteiger partial charge in [0.05, 0.1) is 0 Å². The molecule has 0 spiro atoms. The van der Waals surface area contributed by atoms with Crippen molar-refractivity contribution in [3.63, 3.8) is 0 Å². The van der Waals surface area contributed by atoms with Crippen LogP contribution in [-0.4, -0.2) is 23.7 Å². The SMILES string of the molecule is CCCCCC(CCCCC)OC1=NC(=O)C(C)(C)O1. The molecule has 0 atom stereocenters. The molecule has 116 valence electrons. The molecule has 1 heterocycles. The third kappa shape index (κ3) is 5.51. The molecule has 20 heavy (non-hydrogen) atoms. The quantitative estimate of drug-likeness (QED) is 0.595. The minimum atomic E-state index is -0.868. The highest BCUT2D eigenvalue weighted by Crippen LogP contribution is 2.22. The number of unbranched alkanes of at least 4 members (excludes halogenated alkanes) is 4. The molecule has 0 aromatic heterocycles. The highest BCUT2D eigenvalue weighted by molar-refractivity contribution is 5.98. The number of aliphatic imine (C=N–C) groups is 1. The maximum Gasteiger partial charge on any atom is 0.392 e. The van der Waals surface area contributed by atoms with Crippen LogP contribution in [0.4, 0.5) is 0 Å². The molecule has 0 bridgehead atoms. The molecule has 0 N–H and O–H groups in total. The Morgan fingerprint density at radius 2 is 1.65 bits per heavy atom. The minimum Gasteiger partial charge on any atom is -0.447 e. The Balaban J connectivity index is 2.46. The summed E-state index contributed by atoms with van der Waals surface area (Å²) in [5.74, 6) is -0.256. The molecule has 4 heteroatoms. The number of amides is 1. The van der Waals surface area contributed by atoms with Crippen molar-refractivity contribution in [2.24, 2.45) is 4.99 Å². The summed E-state index contributed by atoms with van der Waals surface area (Å²) in [5.41, 5.74) is -0.868. The summed E-state index contributed by atoms with van der Waals surface area (Å²) in [4.78, 5) is 15.5. The highest BCUT2D eigenvalue weighted by atomic mass is 16.7. The fourth-order valence-corrected chi connectivity index (χ4v) is 2.20. The molecule has 0 unspecified atom stereocenters. The predicted octanol–water partition coefficient (Wildman–Crippen LogP) is 4.22. The van der Waals surface area contributed by atoms with Crippen molar-refractivity contribution >= 4 is 12.0 Å². The number of hydrogen-bond acceptors (Lipinski definition) is 3. The maximum absolute atomic E-state index is 11.6. The van der Waals surface area contributed by atoms with Crippen LogP contribution in [0.5, 0.6) is 0 Å². The van der Waals surface area contributed by atoms with Crippen molar-refractivity contribution in [2.75, 3.05) is 0 Å². The molecule has 0 aromatic rings. The van der Waals surface area contributed by atoms with Crippen molar-refractivity contribution in [1.29, 1.82) is 0 Å². The van der Waals surface area contributed by atoms with Gasteiger partial charge < -0.3 is 9.47 Å². The van der Waals surface area contributed by atoms with E-state index < -0.39 is 5.60 Å². The lowest BCUT2D eigenvalue weighted by molar-refractivity contribution is -0.128. The van der Waals surface area contributed by atoms with E-state index in [1.165, 1.54) is 25.7 Å². The van der Waals surface area contributed by atoms with Crippen molar-refractivity contribution < 1.29 is 14.3 Å². The van der Waals surface area contributed by atoms with Gasteiger partial charge in [0.25, 0.3) is 5.91 Å². The summed E-state index contributed by atoms with van der Waals surface area (Å²) in [6.45, 7) is 7.83. The van der Waals surface area contributed by atoms with Gasteiger partial charge in [-0.3, -0.25) is 4.79 Å². The Morgan fingerprint density at radius 1 is 1.10 bits per heavy atom. The lowest BCUT2D eigenvalue weighted by atomic mass is 10.0. The average Bonchev–Trinajstić information content (AvgIpc) is 2.63. The van der Waals surface area contributed by atoms with Gasteiger partial charge in [0.1, 0.15) is 6.10 Å². The van der Waals surface area contributed by atoms with E-state index in [1.807, 2.05) is 0 Å². The van der Waals surface area contributed by atoms with Crippen LogP contribution in [0.15, 0.2) is 4.99 Å². The minimum absolute atomic E-state index is 0.119. The summed E-state index contributed by atoms with van der Waals surface area (Å²) in [7, 11) is 0. The molecule has 0 aliphatic carbocycles.